The molecule has 1 aromatic carbocycles. The molecule has 0 unspecified atom stereocenters. The largest absolute Gasteiger partial charge is 0.540 e. The highest BCUT2D eigenvalue weighted by molar-refractivity contribution is 8.03. The van der Waals surface area contributed by atoms with Crippen LogP contribution in [0.1, 0.15) is 44.9 Å². The summed E-state index contributed by atoms with van der Waals surface area (Å²) in [5.74, 6) is 0. The van der Waals surface area contributed by atoms with E-state index >= 15 is 0 Å². The maximum atomic E-state index is 6.25. The van der Waals surface area contributed by atoms with Crippen LogP contribution in [-0.4, -0.2) is 8.32 Å². The van der Waals surface area contributed by atoms with Gasteiger partial charge in [0.1, 0.15) is 5.09 Å². The van der Waals surface area contributed by atoms with Crippen molar-refractivity contribution in [3.63, 3.8) is 0 Å². The third-order valence-electron chi connectivity index (χ3n) is 3.29. The minimum Gasteiger partial charge on any atom is -0.540 e. The van der Waals surface area contributed by atoms with Crippen molar-refractivity contribution in [2.75, 3.05) is 0 Å². The molecule has 0 bridgehead atoms. The minimum absolute atomic E-state index is 1.09. The van der Waals surface area contributed by atoms with Crippen LogP contribution in [0, 0.1) is 0 Å². The normalized spacial score (nSPS) is 12.2. The number of allylic oxidation sites excluding steroid dienone is 2. The van der Waals surface area contributed by atoms with Crippen LogP contribution in [0.5, 0.6) is 0 Å². The molecular formula is C20H32OSSi. The zero-order valence-corrected chi connectivity index (χ0v) is 16.8. The van der Waals surface area contributed by atoms with Crippen LogP contribution < -0.4 is 0 Å². The van der Waals surface area contributed by atoms with Crippen LogP contribution in [0.15, 0.2) is 59.0 Å². The molecule has 1 nitrogen and oxygen atoms in total. The second-order valence-electron chi connectivity index (χ2n) is 6.79. The van der Waals surface area contributed by atoms with Crippen LogP contribution in [-0.2, 0) is 4.43 Å². The van der Waals surface area contributed by atoms with Crippen molar-refractivity contribution in [2.24, 2.45) is 0 Å². The zero-order chi connectivity index (χ0) is 17.0. The Morgan fingerprint density at radius 2 is 1.61 bits per heavy atom. The molecule has 0 aliphatic rings. The Bertz CT molecular complexity index is 462. The van der Waals surface area contributed by atoms with E-state index in [9.17, 15) is 0 Å². The van der Waals surface area contributed by atoms with Gasteiger partial charge in [-0.1, -0.05) is 55.3 Å². The van der Waals surface area contributed by atoms with Crippen molar-refractivity contribution in [1.29, 1.82) is 0 Å². The van der Waals surface area contributed by atoms with E-state index in [-0.39, 0.29) is 0 Å². The average Bonchev–Trinajstić information content (AvgIpc) is 2.49. The highest BCUT2D eigenvalue weighted by Crippen LogP contribution is 2.30. The molecule has 0 spiro atoms. The van der Waals surface area contributed by atoms with Crippen molar-refractivity contribution in [1.82, 2.24) is 0 Å². The van der Waals surface area contributed by atoms with Gasteiger partial charge in [-0.05, 0) is 63.5 Å². The summed E-state index contributed by atoms with van der Waals surface area (Å²) in [5.41, 5.74) is 0. The van der Waals surface area contributed by atoms with Gasteiger partial charge in [-0.3, -0.25) is 0 Å². The van der Waals surface area contributed by atoms with Crippen molar-refractivity contribution in [3.05, 3.63) is 54.2 Å². The van der Waals surface area contributed by atoms with E-state index in [0.717, 1.165) is 17.9 Å². The van der Waals surface area contributed by atoms with E-state index < -0.39 is 8.32 Å². The van der Waals surface area contributed by atoms with Crippen LogP contribution in [0.4, 0.5) is 0 Å². The molecule has 0 aliphatic carbocycles. The van der Waals surface area contributed by atoms with E-state index in [1.54, 1.807) is 11.8 Å². The molecule has 3 heteroatoms. The lowest BCUT2D eigenvalue weighted by atomic mass is 10.1. The quantitative estimate of drug-likeness (QED) is 0.128. The Balaban J connectivity index is 2.40. The second kappa shape index (κ2) is 11.6. The lowest BCUT2D eigenvalue weighted by Crippen LogP contribution is -2.24. The van der Waals surface area contributed by atoms with Crippen molar-refractivity contribution in [3.8, 4) is 0 Å². The molecule has 0 saturated heterocycles. The fraction of sp³-hybridized carbons (Fsp3) is 0.500. The lowest BCUT2D eigenvalue weighted by Gasteiger charge is -2.21. The number of hydrogen-bond acceptors (Lipinski definition) is 2. The fourth-order valence-electron chi connectivity index (χ4n) is 2.19. The number of benzene rings is 1. The number of rotatable bonds is 12. The van der Waals surface area contributed by atoms with Crippen molar-refractivity contribution < 1.29 is 4.43 Å². The molecule has 0 fully saturated rings. The SMILES string of the molecule is C=CCCCCCCC/C=C(\O[Si](C)(C)C)Sc1ccccc1. The third kappa shape index (κ3) is 11.3. The first-order valence-electron chi connectivity index (χ1n) is 8.74. The topological polar surface area (TPSA) is 9.23 Å². The molecule has 0 aromatic heterocycles. The summed E-state index contributed by atoms with van der Waals surface area (Å²) >= 11 is 1.75. The van der Waals surface area contributed by atoms with Gasteiger partial charge in [0.05, 0.1) is 0 Å². The van der Waals surface area contributed by atoms with Gasteiger partial charge in [-0.25, -0.2) is 0 Å². The summed E-state index contributed by atoms with van der Waals surface area (Å²) in [7, 11) is -1.56. The van der Waals surface area contributed by atoms with Gasteiger partial charge < -0.3 is 4.43 Å². The average molecular weight is 349 g/mol. The van der Waals surface area contributed by atoms with E-state index in [2.05, 4.69) is 62.6 Å². The van der Waals surface area contributed by atoms with Crippen molar-refractivity contribution >= 4 is 20.1 Å². The van der Waals surface area contributed by atoms with Gasteiger partial charge in [-0.2, -0.15) is 0 Å². The summed E-state index contributed by atoms with van der Waals surface area (Å²) in [6.45, 7) is 10.5. The Hall–Kier alpha value is -0.933. The molecule has 23 heavy (non-hydrogen) atoms. The Morgan fingerprint density at radius 3 is 2.22 bits per heavy atom. The van der Waals surface area contributed by atoms with Gasteiger partial charge in [0, 0.05) is 4.90 Å². The zero-order valence-electron chi connectivity index (χ0n) is 15.0. The van der Waals surface area contributed by atoms with Gasteiger partial charge in [0.15, 0.2) is 0 Å². The van der Waals surface area contributed by atoms with E-state index in [4.69, 9.17) is 4.43 Å². The molecule has 0 N–H and O–H groups in total. The van der Waals surface area contributed by atoms with Crippen LogP contribution in [0.3, 0.4) is 0 Å². The predicted octanol–water partition coefficient (Wildman–Crippen LogP) is 7.39. The first kappa shape index (κ1) is 20.1. The van der Waals surface area contributed by atoms with Gasteiger partial charge >= 0.3 is 0 Å². The molecular weight excluding hydrogens is 316 g/mol. The van der Waals surface area contributed by atoms with E-state index in [1.165, 1.54) is 37.0 Å². The molecule has 0 atom stereocenters. The highest BCUT2D eigenvalue weighted by atomic mass is 32.2. The Kier molecular flexibility index (Phi) is 10.1. The summed E-state index contributed by atoms with van der Waals surface area (Å²) in [5, 5.41) is 1.09. The molecule has 1 rings (SSSR count). The first-order chi connectivity index (χ1) is 11.0. The van der Waals surface area contributed by atoms with Gasteiger partial charge in [-0.15, -0.1) is 6.58 Å². The van der Waals surface area contributed by atoms with E-state index in [1.807, 2.05) is 6.08 Å². The molecule has 0 radical (unpaired) electrons. The molecule has 128 valence electrons. The predicted molar refractivity (Wildman–Crippen MR) is 107 cm³/mol. The minimum atomic E-state index is -1.56. The maximum Gasteiger partial charge on any atom is 0.242 e. The standard InChI is InChI=1S/C20H32OSSi/c1-5-6-7-8-9-10-11-15-18-20(21-23(2,3)4)22-19-16-13-12-14-17-19/h5,12-14,16-18H,1,6-11,15H2,2-4H3/b20-18+. The smallest absolute Gasteiger partial charge is 0.242 e. The number of hydrogen-bond donors (Lipinski definition) is 0. The summed E-state index contributed by atoms with van der Waals surface area (Å²) < 4.78 is 6.25. The van der Waals surface area contributed by atoms with E-state index in [0.29, 0.717) is 0 Å². The fourth-order valence-corrected chi connectivity index (χ4v) is 4.52. The van der Waals surface area contributed by atoms with Gasteiger partial charge in [0.25, 0.3) is 0 Å². The first-order valence-corrected chi connectivity index (χ1v) is 13.0. The molecule has 0 heterocycles. The number of unbranched alkanes of at least 4 members (excludes halogenated alkanes) is 6. The van der Waals surface area contributed by atoms with Crippen molar-refractivity contribution in [2.45, 2.75) is 69.5 Å². The third-order valence-corrected chi connectivity index (χ3v) is 5.23. The second-order valence-corrected chi connectivity index (χ2v) is 12.3. The molecule has 0 aliphatic heterocycles. The Morgan fingerprint density at radius 1 is 1.00 bits per heavy atom. The molecule has 1 aromatic rings. The molecule has 0 amide bonds. The van der Waals surface area contributed by atoms with Crippen LogP contribution >= 0.6 is 11.8 Å². The monoisotopic (exact) mass is 348 g/mol. The summed E-state index contributed by atoms with van der Waals surface area (Å²) in [6.07, 6.45) is 13.1. The van der Waals surface area contributed by atoms with Gasteiger partial charge in [0.2, 0.25) is 8.32 Å². The number of thioether (sulfide) groups is 1. The maximum absolute atomic E-state index is 6.25. The molecule has 0 saturated carbocycles. The summed E-state index contributed by atoms with van der Waals surface area (Å²) in [4.78, 5) is 1.25. The summed E-state index contributed by atoms with van der Waals surface area (Å²) in [6, 6.07) is 10.5. The lowest BCUT2D eigenvalue weighted by molar-refractivity contribution is 0.460. The van der Waals surface area contributed by atoms with Crippen LogP contribution in [0.25, 0.3) is 0 Å². The van der Waals surface area contributed by atoms with Crippen LogP contribution in [0.2, 0.25) is 19.6 Å². The Labute approximate surface area is 148 Å². The highest BCUT2D eigenvalue weighted by Gasteiger charge is 2.18.